The van der Waals surface area contributed by atoms with Crippen molar-refractivity contribution in [2.45, 2.75) is 57.2 Å². The van der Waals surface area contributed by atoms with Crippen LogP contribution in [0.1, 0.15) is 81.1 Å². The third kappa shape index (κ3) is 15.1. The van der Waals surface area contributed by atoms with Crippen molar-refractivity contribution < 1.29 is 10.7 Å². The van der Waals surface area contributed by atoms with E-state index in [1.165, 1.54) is 152 Å². The number of thiophene rings is 2. The third-order valence-electron chi connectivity index (χ3n) is 30.5. The number of aromatic nitrogens is 6. The molecular weight excluding hydrogens is 1890 g/mol. The quantitative estimate of drug-likeness (QED) is 0.112. The SMILES string of the molecule is Brc1cccc(-c2cccc(-c3nc(-c4ccccc4)nc(-c4ccccc4)n3)c2)c1.C.CC1(C)OB(c2cc3c(cc2-c2ccc4sc5ccccc5c4c2)-c2ccccc2C32c3ccccc3-c3ccccc32)OC1(C)C.[2HH].c1ccc(-c2nc(-c3ccccc3)nc(-c3cccc(-c4cccc(-c5cc6c(cc5-c5ccc7sc8ccccc8c7c5)-c5ccccc5C65c6ccccc6-c6ccccc65)c4)c3)n2)cc1. The minimum absolute atomic E-state index is 0. The Balaban J connectivity index is 0.000000123. The topological polar surface area (TPSA) is 95.8 Å². The molecular formula is C135H96BBrN6O2S2. The first-order chi connectivity index (χ1) is 71.7. The molecule has 20 aromatic carbocycles. The van der Waals surface area contributed by atoms with Gasteiger partial charge in [0, 0.05) is 79.6 Å². The molecule has 12 heteroatoms. The van der Waals surface area contributed by atoms with Crippen molar-refractivity contribution in [3.8, 4) is 168 Å². The van der Waals surface area contributed by atoms with E-state index in [0.29, 0.717) is 34.9 Å². The number of rotatable bonds is 12. The highest BCUT2D eigenvalue weighted by atomic mass is 79.9. The lowest BCUT2D eigenvalue weighted by Crippen LogP contribution is -2.41. The second kappa shape index (κ2) is 36.3. The average Bonchev–Trinajstić information content (AvgIpc) is 1.49. The monoisotopic (exact) mass is 1990 g/mol. The van der Waals surface area contributed by atoms with Gasteiger partial charge in [0.05, 0.1) is 22.0 Å². The number of fused-ring (bicyclic) bond motifs is 26. The molecule has 1 fully saturated rings. The standard InChI is InChI=1S/C64H39N3S.C43H33BO2S.C27H18BrN3.CH4.H2/c1-3-17-40(18-4-1)61-65-62(41-19-5-2-6-20-41)67-63(66-61)46-24-16-22-43(36-46)42-21-15-23-44(35-42)52-39-58-53(38-51(52)45-33-34-60-54(37-45)50-28-10-14-32-59(50)68-60)49-27-9-13-31-57(49)64(58)55-29-11-7-25-47(55)48-26-8-12-30-56(48)64;1-41(2)42(3,4)46-44(45-41)38-25-37-32(24-31(38)26-21-22-40-33(23-26)30-16-8-12-20-39(30)47-40)29-15-7-11-19-36(29)43(37)34-17-9-5-13-27(34)28-14-6-10-18-35(28)43;28-24-16-8-14-22(18-24)21-13-7-15-23(17-21)27-30-25(19-9-3-1-4-10-19)29-26(31-27)20-11-5-2-6-12-20;;/h1-39H;5-25H,1-4H3;1-18H;1H4;1H/i;;;;1+1. The minimum atomic E-state index is -0.511. The van der Waals surface area contributed by atoms with Gasteiger partial charge in [-0.15, -0.1) is 22.7 Å². The summed E-state index contributed by atoms with van der Waals surface area (Å²) in [4.78, 5) is 29.5. The van der Waals surface area contributed by atoms with Crippen molar-refractivity contribution in [2.24, 2.45) is 0 Å². The largest absolute Gasteiger partial charge is 0.495 e. The van der Waals surface area contributed by atoms with Gasteiger partial charge in [0.15, 0.2) is 34.9 Å². The van der Waals surface area contributed by atoms with Crippen molar-refractivity contribution in [3.63, 3.8) is 0 Å². The molecule has 0 atom stereocenters. The fourth-order valence-electron chi connectivity index (χ4n) is 23.1. The van der Waals surface area contributed by atoms with Gasteiger partial charge < -0.3 is 9.31 Å². The van der Waals surface area contributed by atoms with Crippen LogP contribution in [0.5, 0.6) is 0 Å². The van der Waals surface area contributed by atoms with Gasteiger partial charge in [0.25, 0.3) is 0 Å². The smallest absolute Gasteiger partial charge is 0.399 e. The highest BCUT2D eigenvalue weighted by Gasteiger charge is 2.57. The van der Waals surface area contributed by atoms with Crippen molar-refractivity contribution in [3.05, 3.63) is 522 Å². The maximum absolute atomic E-state index is 6.86. The molecule has 8 nitrogen and oxygen atoms in total. The van der Waals surface area contributed by atoms with E-state index in [0.717, 1.165) is 76.7 Å². The summed E-state index contributed by atoms with van der Waals surface area (Å²) in [5.41, 5.74) is 37.5. The molecule has 24 aromatic rings. The third-order valence-corrected chi connectivity index (χ3v) is 33.3. The summed E-state index contributed by atoms with van der Waals surface area (Å²) in [7, 11) is -0.511. The second-order valence-corrected chi connectivity index (χ2v) is 42.3. The second-order valence-electron chi connectivity index (χ2n) is 39.2. The number of nitrogens with zero attached hydrogens (tertiary/aromatic N) is 6. The summed E-state index contributed by atoms with van der Waals surface area (Å²) in [5.74, 6) is 3.91. The summed E-state index contributed by atoms with van der Waals surface area (Å²) in [6.07, 6.45) is 0. The maximum atomic E-state index is 6.86. The highest BCUT2D eigenvalue weighted by molar-refractivity contribution is 9.10. The van der Waals surface area contributed by atoms with Crippen LogP contribution in [0.15, 0.2) is 478 Å². The number of hydrogen-bond donors (Lipinski definition) is 0. The fourth-order valence-corrected chi connectivity index (χ4v) is 25.6. The van der Waals surface area contributed by atoms with E-state index in [4.69, 9.17) is 39.2 Å². The minimum Gasteiger partial charge on any atom is -0.399 e. The van der Waals surface area contributed by atoms with Gasteiger partial charge in [-0.25, -0.2) is 29.9 Å². The highest BCUT2D eigenvalue weighted by Crippen LogP contribution is 2.66. The van der Waals surface area contributed by atoms with Crippen molar-refractivity contribution in [1.29, 1.82) is 0 Å². The van der Waals surface area contributed by atoms with Gasteiger partial charge in [-0.3, -0.25) is 0 Å². The van der Waals surface area contributed by atoms with Crippen molar-refractivity contribution in [1.82, 2.24) is 29.9 Å². The van der Waals surface area contributed by atoms with Gasteiger partial charge in [-0.1, -0.05) is 412 Å². The Kier molecular flexibility index (Phi) is 22.3. The summed E-state index contributed by atoms with van der Waals surface area (Å²) >= 11 is 7.28. The zero-order valence-corrected chi connectivity index (χ0v) is 83.5. The summed E-state index contributed by atoms with van der Waals surface area (Å²) in [5, 5.41) is 5.18. The van der Waals surface area contributed by atoms with E-state index in [1.807, 2.05) is 144 Å². The molecule has 0 bridgehead atoms. The first-order valence-corrected chi connectivity index (χ1v) is 52.1. The van der Waals surface area contributed by atoms with E-state index in [2.05, 4.69) is 395 Å². The van der Waals surface area contributed by atoms with Crippen LogP contribution in [-0.2, 0) is 20.1 Å². The van der Waals surface area contributed by atoms with Gasteiger partial charge in [0.2, 0.25) is 0 Å². The van der Waals surface area contributed by atoms with Crippen LogP contribution in [-0.4, -0.2) is 48.2 Å². The first-order valence-electron chi connectivity index (χ1n) is 49.7. The number of halogens is 1. The fraction of sp³-hybridized carbons (Fsp3) is 0.0667. The molecule has 29 rings (SSSR count). The normalized spacial score (nSPS) is 13.8. The van der Waals surface area contributed by atoms with Gasteiger partial charge in [-0.2, -0.15) is 0 Å². The van der Waals surface area contributed by atoms with Crippen LogP contribution >= 0.6 is 38.6 Å². The lowest BCUT2D eigenvalue weighted by molar-refractivity contribution is 0.00578. The van der Waals surface area contributed by atoms with Crippen LogP contribution < -0.4 is 5.46 Å². The number of benzene rings is 20. The Morgan fingerprint density at radius 1 is 0.204 bits per heavy atom. The number of hydrogen-bond acceptors (Lipinski definition) is 10. The molecule has 4 aromatic heterocycles. The Labute approximate surface area is 873 Å². The molecule has 0 N–H and O–H groups in total. The van der Waals surface area contributed by atoms with E-state index in [1.54, 1.807) is 0 Å². The predicted molar refractivity (Wildman–Crippen MR) is 617 cm³/mol. The Morgan fingerprint density at radius 3 is 0.850 bits per heavy atom. The van der Waals surface area contributed by atoms with Gasteiger partial charge >= 0.3 is 7.12 Å². The van der Waals surface area contributed by atoms with Crippen LogP contribution in [0.4, 0.5) is 0 Å². The summed E-state index contributed by atoms with van der Waals surface area (Å²) < 4.78 is 20.0. The molecule has 0 amide bonds. The molecule has 1 saturated heterocycles. The van der Waals surface area contributed by atoms with Crippen molar-refractivity contribution >= 4 is 91.5 Å². The van der Waals surface area contributed by atoms with E-state index < -0.39 is 29.2 Å². The van der Waals surface area contributed by atoms with Gasteiger partial charge in [0.1, 0.15) is 0 Å². The molecule has 5 heterocycles. The Morgan fingerprint density at radius 2 is 0.469 bits per heavy atom. The Hall–Kier alpha value is -16.7. The maximum Gasteiger partial charge on any atom is 0.495 e. The molecule has 2 spiro atoms. The molecule has 147 heavy (non-hydrogen) atoms. The molecule has 700 valence electrons. The van der Waals surface area contributed by atoms with Crippen LogP contribution in [0.25, 0.3) is 209 Å². The molecule has 5 aliphatic rings. The van der Waals surface area contributed by atoms with E-state index in [-0.39, 0.29) is 8.85 Å². The predicted octanol–water partition coefficient (Wildman–Crippen LogP) is 35.1. The molecule has 4 aliphatic carbocycles. The van der Waals surface area contributed by atoms with Crippen LogP contribution in [0.3, 0.4) is 0 Å². The molecule has 0 unspecified atom stereocenters. The van der Waals surface area contributed by atoms with Crippen molar-refractivity contribution in [2.75, 3.05) is 0 Å². The van der Waals surface area contributed by atoms with Crippen LogP contribution in [0.2, 0.25) is 0 Å². The van der Waals surface area contributed by atoms with Crippen LogP contribution in [0, 0.1) is 0 Å². The van der Waals surface area contributed by atoms with E-state index >= 15 is 0 Å². The molecule has 1 aliphatic heterocycles. The average molecular weight is 1990 g/mol. The first kappa shape index (κ1) is 90.3. The lowest BCUT2D eigenvalue weighted by Gasteiger charge is -2.32. The summed E-state index contributed by atoms with van der Waals surface area (Å²) in [6.45, 7) is 8.57. The lowest BCUT2D eigenvalue weighted by atomic mass is 9.67. The summed E-state index contributed by atoms with van der Waals surface area (Å²) in [6, 6.07) is 170. The Bertz CT molecular complexity index is 9170. The zero-order chi connectivity index (χ0) is 97.5. The molecule has 0 radical (unpaired) electrons. The zero-order valence-electron chi connectivity index (χ0n) is 80.3. The molecule has 0 saturated carbocycles. The van der Waals surface area contributed by atoms with E-state index in [9.17, 15) is 0 Å². The van der Waals surface area contributed by atoms with Gasteiger partial charge in [-0.05, 0) is 263 Å².